The molecule has 1 heterocycles. The highest BCUT2D eigenvalue weighted by Gasteiger charge is 2.02. The minimum absolute atomic E-state index is 0.310. The molecule has 0 spiro atoms. The van der Waals surface area contributed by atoms with Crippen molar-refractivity contribution in [1.29, 1.82) is 0 Å². The Hall–Kier alpha value is -3.54. The maximum Gasteiger partial charge on any atom is 0.271 e. The average molecular weight is 335 g/mol. The third-order valence-corrected chi connectivity index (χ3v) is 3.25. The number of ether oxygens (including phenoxy) is 1. The molecule has 124 valence electrons. The summed E-state index contributed by atoms with van der Waals surface area (Å²) in [6.45, 7) is 0. The number of amides is 1. The first-order valence-corrected chi connectivity index (χ1v) is 7.47. The van der Waals surface area contributed by atoms with Crippen LogP contribution >= 0.6 is 0 Å². The minimum Gasteiger partial charge on any atom is -0.457 e. The molecule has 0 bridgehead atoms. The Kier molecular flexibility index (Phi) is 5.11. The van der Waals surface area contributed by atoms with Crippen LogP contribution in [0.2, 0.25) is 0 Å². The van der Waals surface area contributed by atoms with E-state index in [1.807, 2.05) is 0 Å². The van der Waals surface area contributed by atoms with Crippen molar-refractivity contribution in [3.63, 3.8) is 0 Å². The number of hydrogen-bond donors (Lipinski definition) is 1. The van der Waals surface area contributed by atoms with Crippen LogP contribution in [0.1, 0.15) is 15.9 Å². The van der Waals surface area contributed by atoms with Gasteiger partial charge in [-0.1, -0.05) is 0 Å². The molecule has 2 aromatic carbocycles. The maximum absolute atomic E-state index is 12.9. The number of halogens is 1. The number of nitrogens with zero attached hydrogens (tertiary/aromatic N) is 2. The summed E-state index contributed by atoms with van der Waals surface area (Å²) in [6.07, 6.45) is 4.61. The highest BCUT2D eigenvalue weighted by atomic mass is 19.1. The van der Waals surface area contributed by atoms with Gasteiger partial charge in [-0.3, -0.25) is 9.78 Å². The topological polar surface area (TPSA) is 63.6 Å². The first-order valence-electron chi connectivity index (χ1n) is 7.47. The highest BCUT2D eigenvalue weighted by molar-refractivity contribution is 5.94. The number of hydrogen-bond acceptors (Lipinski definition) is 4. The smallest absolute Gasteiger partial charge is 0.271 e. The van der Waals surface area contributed by atoms with Crippen LogP contribution in [0.25, 0.3) is 0 Å². The molecule has 5 nitrogen and oxygen atoms in total. The molecule has 3 aromatic rings. The molecule has 6 heteroatoms. The number of carbonyl (C=O) groups excluding carboxylic acids is 1. The third kappa shape index (κ3) is 4.71. The summed E-state index contributed by atoms with van der Waals surface area (Å²) in [6, 6.07) is 16.1. The van der Waals surface area contributed by atoms with E-state index in [-0.39, 0.29) is 11.7 Å². The van der Waals surface area contributed by atoms with Crippen LogP contribution in [0.5, 0.6) is 11.5 Å². The minimum atomic E-state index is -0.312. The standard InChI is InChI=1S/C19H14FN3O2/c20-16-3-7-18(8-4-16)25-17-5-1-14(2-6-17)13-22-23-19(24)15-9-11-21-12-10-15/h1-13H,(H,23,24)/b22-13-. The van der Waals surface area contributed by atoms with Crippen molar-refractivity contribution >= 4 is 12.1 Å². The number of nitrogens with one attached hydrogen (secondary N) is 1. The van der Waals surface area contributed by atoms with Crippen molar-refractivity contribution in [2.75, 3.05) is 0 Å². The molecule has 0 fully saturated rings. The van der Waals surface area contributed by atoms with Gasteiger partial charge in [-0.05, 0) is 66.2 Å². The SMILES string of the molecule is O=C(N/N=C\c1ccc(Oc2ccc(F)cc2)cc1)c1ccncc1. The molecule has 0 aliphatic carbocycles. The van der Waals surface area contributed by atoms with Crippen molar-refractivity contribution in [2.24, 2.45) is 5.10 Å². The van der Waals surface area contributed by atoms with Crippen molar-refractivity contribution in [3.05, 3.63) is 90.0 Å². The van der Waals surface area contributed by atoms with Crippen LogP contribution in [-0.4, -0.2) is 17.1 Å². The fraction of sp³-hybridized carbons (Fsp3) is 0. The van der Waals surface area contributed by atoms with Crippen molar-refractivity contribution in [2.45, 2.75) is 0 Å². The Morgan fingerprint density at radius 3 is 2.20 bits per heavy atom. The van der Waals surface area contributed by atoms with E-state index in [9.17, 15) is 9.18 Å². The predicted octanol–water partition coefficient (Wildman–Crippen LogP) is 3.78. The molecule has 0 unspecified atom stereocenters. The van der Waals surface area contributed by atoms with E-state index >= 15 is 0 Å². The van der Waals surface area contributed by atoms with Gasteiger partial charge in [-0.25, -0.2) is 9.82 Å². The van der Waals surface area contributed by atoms with Gasteiger partial charge in [0.05, 0.1) is 6.21 Å². The Morgan fingerprint density at radius 2 is 1.56 bits per heavy atom. The molecule has 3 rings (SSSR count). The third-order valence-electron chi connectivity index (χ3n) is 3.25. The van der Waals surface area contributed by atoms with Crippen LogP contribution in [0.3, 0.4) is 0 Å². The zero-order valence-corrected chi connectivity index (χ0v) is 13.1. The van der Waals surface area contributed by atoms with E-state index in [2.05, 4.69) is 15.5 Å². The fourth-order valence-corrected chi connectivity index (χ4v) is 1.99. The van der Waals surface area contributed by atoms with Gasteiger partial charge in [0.15, 0.2) is 0 Å². The Bertz CT molecular complexity index is 863. The van der Waals surface area contributed by atoms with Gasteiger partial charge in [0.25, 0.3) is 5.91 Å². The molecule has 0 aliphatic rings. The summed E-state index contributed by atoms with van der Waals surface area (Å²) in [5.41, 5.74) is 3.72. The van der Waals surface area contributed by atoms with E-state index in [0.29, 0.717) is 17.1 Å². The van der Waals surface area contributed by atoms with Gasteiger partial charge in [0.1, 0.15) is 17.3 Å². The average Bonchev–Trinajstić information content (AvgIpc) is 2.66. The molecule has 0 radical (unpaired) electrons. The number of carbonyl (C=O) groups is 1. The quantitative estimate of drug-likeness (QED) is 0.570. The molecular weight excluding hydrogens is 321 g/mol. The molecule has 0 atom stereocenters. The zero-order chi connectivity index (χ0) is 17.5. The summed E-state index contributed by atoms with van der Waals surface area (Å²) < 4.78 is 18.5. The largest absolute Gasteiger partial charge is 0.457 e. The number of aromatic nitrogens is 1. The van der Waals surface area contributed by atoms with E-state index in [1.54, 1.807) is 60.9 Å². The number of pyridine rings is 1. The molecule has 1 aromatic heterocycles. The molecule has 0 saturated heterocycles. The summed E-state index contributed by atoms with van der Waals surface area (Å²) in [4.78, 5) is 15.7. The second-order valence-corrected chi connectivity index (χ2v) is 5.06. The lowest BCUT2D eigenvalue weighted by molar-refractivity contribution is 0.0955. The second-order valence-electron chi connectivity index (χ2n) is 5.06. The van der Waals surface area contributed by atoms with E-state index in [1.165, 1.54) is 18.3 Å². The van der Waals surface area contributed by atoms with Crippen molar-refractivity contribution in [3.8, 4) is 11.5 Å². The van der Waals surface area contributed by atoms with Gasteiger partial charge >= 0.3 is 0 Å². The van der Waals surface area contributed by atoms with E-state index < -0.39 is 0 Å². The van der Waals surface area contributed by atoms with Crippen LogP contribution in [0, 0.1) is 5.82 Å². The van der Waals surface area contributed by atoms with Gasteiger partial charge in [0, 0.05) is 18.0 Å². The van der Waals surface area contributed by atoms with Gasteiger partial charge in [-0.2, -0.15) is 5.10 Å². The fourth-order valence-electron chi connectivity index (χ4n) is 1.99. The summed E-state index contributed by atoms with van der Waals surface area (Å²) in [5.74, 6) is 0.541. The van der Waals surface area contributed by atoms with Crippen LogP contribution in [0.15, 0.2) is 78.2 Å². The van der Waals surface area contributed by atoms with Gasteiger partial charge < -0.3 is 4.74 Å². The Labute approximate surface area is 143 Å². The molecule has 25 heavy (non-hydrogen) atoms. The van der Waals surface area contributed by atoms with E-state index in [0.717, 1.165) is 5.56 Å². The number of hydrazone groups is 1. The monoisotopic (exact) mass is 335 g/mol. The number of rotatable bonds is 5. The lowest BCUT2D eigenvalue weighted by Gasteiger charge is -2.05. The molecule has 1 amide bonds. The number of benzene rings is 2. The lowest BCUT2D eigenvalue weighted by Crippen LogP contribution is -2.17. The van der Waals surface area contributed by atoms with Crippen molar-refractivity contribution in [1.82, 2.24) is 10.4 Å². The molecule has 0 saturated carbocycles. The Balaban J connectivity index is 1.57. The maximum atomic E-state index is 12.9. The zero-order valence-electron chi connectivity index (χ0n) is 13.1. The predicted molar refractivity (Wildman–Crippen MR) is 92.2 cm³/mol. The van der Waals surface area contributed by atoms with Gasteiger partial charge in [0.2, 0.25) is 0 Å². The molecular formula is C19H14FN3O2. The second kappa shape index (κ2) is 7.83. The van der Waals surface area contributed by atoms with Crippen LogP contribution < -0.4 is 10.2 Å². The highest BCUT2D eigenvalue weighted by Crippen LogP contribution is 2.21. The van der Waals surface area contributed by atoms with Crippen LogP contribution in [-0.2, 0) is 0 Å². The van der Waals surface area contributed by atoms with Crippen molar-refractivity contribution < 1.29 is 13.9 Å². The van der Waals surface area contributed by atoms with Crippen LogP contribution in [0.4, 0.5) is 4.39 Å². The normalized spacial score (nSPS) is 10.6. The van der Waals surface area contributed by atoms with E-state index in [4.69, 9.17) is 4.74 Å². The lowest BCUT2D eigenvalue weighted by atomic mass is 10.2. The Morgan fingerprint density at radius 1 is 0.960 bits per heavy atom. The summed E-state index contributed by atoms with van der Waals surface area (Å²) in [5, 5.41) is 3.91. The first kappa shape index (κ1) is 16.3. The summed E-state index contributed by atoms with van der Waals surface area (Å²) in [7, 11) is 0. The van der Waals surface area contributed by atoms with Gasteiger partial charge in [-0.15, -0.1) is 0 Å². The molecule has 1 N–H and O–H groups in total. The summed E-state index contributed by atoms with van der Waals surface area (Å²) >= 11 is 0. The molecule has 0 aliphatic heterocycles. The first-order chi connectivity index (χ1) is 12.2.